The molecule has 0 saturated carbocycles. The van der Waals surface area contributed by atoms with Crippen LogP contribution in [0.2, 0.25) is 0 Å². The smallest absolute Gasteiger partial charge is 0.165 e. The normalized spacial score (nSPS) is 21.3. The van der Waals surface area contributed by atoms with Gasteiger partial charge in [0, 0.05) is 11.1 Å². The van der Waals surface area contributed by atoms with Gasteiger partial charge in [0.1, 0.15) is 5.76 Å². The first-order valence-electron chi connectivity index (χ1n) is 3.95. The summed E-state index contributed by atoms with van der Waals surface area (Å²) in [6.07, 6.45) is 5.38. The van der Waals surface area contributed by atoms with Crippen LogP contribution in [0.15, 0.2) is 34.6 Å². The molecule has 2 rings (SSSR count). The van der Waals surface area contributed by atoms with E-state index >= 15 is 0 Å². The molecule has 1 heterocycles. The zero-order chi connectivity index (χ0) is 7.84. The predicted octanol–water partition coefficient (Wildman–Crippen LogP) is 2.73. The van der Waals surface area contributed by atoms with Crippen LogP contribution in [0.25, 0.3) is 0 Å². The standard InChI is InChI=1S/C10H11O/c1-3-8-4-5-9-6-11-7(2)10(8)9/h4-6H,3H2,1-2H3. The van der Waals surface area contributed by atoms with Crippen molar-refractivity contribution in [3.05, 3.63) is 41.2 Å². The second-order valence-corrected chi connectivity index (χ2v) is 2.83. The first kappa shape index (κ1) is 6.71. The SMILES string of the molecule is CCC1=CC=C2[CH]OC(C)=C21. The van der Waals surface area contributed by atoms with Crippen molar-refractivity contribution in [3.8, 4) is 0 Å². The number of hydrogen-bond donors (Lipinski definition) is 0. The van der Waals surface area contributed by atoms with Gasteiger partial charge >= 0.3 is 0 Å². The molecule has 0 bridgehead atoms. The Labute approximate surface area is 67.1 Å². The molecule has 1 aliphatic heterocycles. The van der Waals surface area contributed by atoms with Crippen LogP contribution in [-0.2, 0) is 4.74 Å². The topological polar surface area (TPSA) is 9.23 Å². The number of ether oxygens (including phenoxy) is 1. The van der Waals surface area contributed by atoms with E-state index in [2.05, 4.69) is 19.1 Å². The highest BCUT2D eigenvalue weighted by atomic mass is 16.5. The molecule has 57 valence electrons. The third kappa shape index (κ3) is 0.839. The molecule has 2 aliphatic rings. The third-order valence-electron chi connectivity index (χ3n) is 2.17. The molecule has 0 N–H and O–H groups in total. The summed E-state index contributed by atoms with van der Waals surface area (Å²) in [7, 11) is 0. The fourth-order valence-electron chi connectivity index (χ4n) is 1.58. The van der Waals surface area contributed by atoms with E-state index in [0.29, 0.717) is 0 Å². The van der Waals surface area contributed by atoms with E-state index in [9.17, 15) is 0 Å². The monoisotopic (exact) mass is 147 g/mol. The summed E-state index contributed by atoms with van der Waals surface area (Å²) in [5.41, 5.74) is 3.94. The van der Waals surface area contributed by atoms with Crippen LogP contribution in [0, 0.1) is 6.61 Å². The van der Waals surface area contributed by atoms with Crippen molar-refractivity contribution < 1.29 is 4.74 Å². The number of fused-ring (bicyclic) bond motifs is 1. The molecule has 0 amide bonds. The quantitative estimate of drug-likeness (QED) is 0.554. The molecule has 1 aliphatic carbocycles. The maximum atomic E-state index is 5.30. The van der Waals surface area contributed by atoms with Crippen molar-refractivity contribution in [1.29, 1.82) is 0 Å². The fraction of sp³-hybridized carbons (Fsp3) is 0.300. The van der Waals surface area contributed by atoms with Crippen molar-refractivity contribution >= 4 is 0 Å². The third-order valence-corrected chi connectivity index (χ3v) is 2.17. The Balaban J connectivity index is 2.42. The van der Waals surface area contributed by atoms with Crippen LogP contribution in [0.1, 0.15) is 20.3 Å². The maximum absolute atomic E-state index is 5.30. The highest BCUT2D eigenvalue weighted by Gasteiger charge is 2.23. The van der Waals surface area contributed by atoms with Gasteiger partial charge in [0.15, 0.2) is 6.61 Å². The van der Waals surface area contributed by atoms with E-state index in [1.165, 1.54) is 16.7 Å². The second-order valence-electron chi connectivity index (χ2n) is 2.83. The first-order valence-corrected chi connectivity index (χ1v) is 3.95. The summed E-state index contributed by atoms with van der Waals surface area (Å²) in [5, 5.41) is 0. The molecule has 1 radical (unpaired) electrons. The molecule has 0 aromatic heterocycles. The van der Waals surface area contributed by atoms with E-state index in [4.69, 9.17) is 4.74 Å². The van der Waals surface area contributed by atoms with Crippen LogP contribution in [0.4, 0.5) is 0 Å². The largest absolute Gasteiger partial charge is 0.485 e. The second kappa shape index (κ2) is 2.26. The number of allylic oxidation sites excluding steroid dienone is 4. The summed E-state index contributed by atoms with van der Waals surface area (Å²) in [5.74, 6) is 1.04. The van der Waals surface area contributed by atoms with Gasteiger partial charge in [-0.05, 0) is 18.9 Å². The summed E-state index contributed by atoms with van der Waals surface area (Å²) >= 11 is 0. The van der Waals surface area contributed by atoms with Crippen LogP contribution in [0.3, 0.4) is 0 Å². The Bertz CT molecular complexity index is 279. The van der Waals surface area contributed by atoms with Crippen molar-refractivity contribution in [2.75, 3.05) is 0 Å². The molecule has 1 heteroatoms. The van der Waals surface area contributed by atoms with Gasteiger partial charge in [0.05, 0.1) is 0 Å². The molecule has 0 aromatic rings. The molecular weight excluding hydrogens is 136 g/mol. The first-order chi connectivity index (χ1) is 5.33. The Morgan fingerprint density at radius 1 is 1.36 bits per heavy atom. The minimum Gasteiger partial charge on any atom is -0.485 e. The van der Waals surface area contributed by atoms with Gasteiger partial charge in [-0.1, -0.05) is 19.1 Å². The molecule has 0 atom stereocenters. The van der Waals surface area contributed by atoms with E-state index < -0.39 is 0 Å². The van der Waals surface area contributed by atoms with Crippen molar-refractivity contribution in [2.24, 2.45) is 0 Å². The zero-order valence-electron chi connectivity index (χ0n) is 6.85. The zero-order valence-corrected chi connectivity index (χ0v) is 6.85. The predicted molar refractivity (Wildman–Crippen MR) is 44.5 cm³/mol. The van der Waals surface area contributed by atoms with E-state index in [0.717, 1.165) is 12.2 Å². The van der Waals surface area contributed by atoms with Crippen LogP contribution >= 0.6 is 0 Å². The van der Waals surface area contributed by atoms with Gasteiger partial charge in [0.2, 0.25) is 0 Å². The Morgan fingerprint density at radius 3 is 2.91 bits per heavy atom. The summed E-state index contributed by atoms with van der Waals surface area (Å²) in [6.45, 7) is 6.01. The van der Waals surface area contributed by atoms with Gasteiger partial charge in [0.25, 0.3) is 0 Å². The maximum Gasteiger partial charge on any atom is 0.165 e. The van der Waals surface area contributed by atoms with E-state index in [-0.39, 0.29) is 0 Å². The fourth-order valence-corrected chi connectivity index (χ4v) is 1.58. The highest BCUT2D eigenvalue weighted by Crippen LogP contribution is 2.38. The summed E-state index contributed by atoms with van der Waals surface area (Å²) < 4.78 is 5.30. The molecule has 0 unspecified atom stereocenters. The van der Waals surface area contributed by atoms with Crippen molar-refractivity contribution in [2.45, 2.75) is 20.3 Å². The van der Waals surface area contributed by atoms with Crippen LogP contribution in [-0.4, -0.2) is 0 Å². The van der Waals surface area contributed by atoms with Crippen LogP contribution in [0.5, 0.6) is 0 Å². The van der Waals surface area contributed by atoms with Gasteiger partial charge in [-0.2, -0.15) is 0 Å². The average molecular weight is 147 g/mol. The van der Waals surface area contributed by atoms with Crippen molar-refractivity contribution in [3.63, 3.8) is 0 Å². The molecule has 0 spiro atoms. The minimum atomic E-state index is 1.04. The molecule has 11 heavy (non-hydrogen) atoms. The number of hydrogen-bond acceptors (Lipinski definition) is 1. The molecule has 0 fully saturated rings. The van der Waals surface area contributed by atoms with E-state index in [1.807, 2.05) is 13.5 Å². The minimum absolute atomic E-state index is 1.04. The molecular formula is C10H11O. The van der Waals surface area contributed by atoms with Gasteiger partial charge < -0.3 is 4.74 Å². The lowest BCUT2D eigenvalue weighted by molar-refractivity contribution is 0.325. The lowest BCUT2D eigenvalue weighted by Gasteiger charge is -2.00. The van der Waals surface area contributed by atoms with Gasteiger partial charge in [-0.15, -0.1) is 0 Å². The highest BCUT2D eigenvalue weighted by molar-refractivity contribution is 5.60. The molecule has 0 saturated heterocycles. The lowest BCUT2D eigenvalue weighted by Crippen LogP contribution is -1.84. The van der Waals surface area contributed by atoms with Crippen molar-refractivity contribution in [1.82, 2.24) is 0 Å². The Hall–Kier alpha value is -0.980. The lowest BCUT2D eigenvalue weighted by atomic mass is 10.0. The molecule has 0 aromatic carbocycles. The summed E-state index contributed by atoms with van der Waals surface area (Å²) in [4.78, 5) is 0. The Kier molecular flexibility index (Phi) is 1.38. The average Bonchev–Trinajstić information content (AvgIpc) is 2.54. The van der Waals surface area contributed by atoms with Gasteiger partial charge in [-0.25, -0.2) is 0 Å². The Morgan fingerprint density at radius 2 is 2.18 bits per heavy atom. The molecule has 1 nitrogen and oxygen atoms in total. The van der Waals surface area contributed by atoms with E-state index in [1.54, 1.807) is 0 Å². The number of rotatable bonds is 1. The summed E-state index contributed by atoms with van der Waals surface area (Å²) in [6, 6.07) is 0. The van der Waals surface area contributed by atoms with Gasteiger partial charge in [-0.3, -0.25) is 0 Å². The van der Waals surface area contributed by atoms with Crippen LogP contribution < -0.4 is 0 Å².